The molecule has 1 aromatic carbocycles. The van der Waals surface area contributed by atoms with Crippen molar-refractivity contribution in [2.24, 2.45) is 0 Å². The maximum atomic E-state index is 12.2. The third-order valence-corrected chi connectivity index (χ3v) is 2.85. The van der Waals surface area contributed by atoms with Gasteiger partial charge in [-0.05, 0) is 26.8 Å². The van der Waals surface area contributed by atoms with Crippen molar-refractivity contribution < 1.29 is 18.6 Å². The second-order valence-corrected chi connectivity index (χ2v) is 4.74. The summed E-state index contributed by atoms with van der Waals surface area (Å²) in [6, 6.07) is 6.43. The molecule has 0 heterocycles. The second-order valence-electron chi connectivity index (χ2n) is 4.74. The molecule has 0 fully saturated rings. The molecule has 18 heavy (non-hydrogen) atoms. The van der Waals surface area contributed by atoms with E-state index in [9.17, 15) is 13.9 Å². The van der Waals surface area contributed by atoms with Crippen molar-refractivity contribution in [3.8, 4) is 5.75 Å². The fraction of sp³-hybridized carbons (Fsp3) is 0.538. The summed E-state index contributed by atoms with van der Waals surface area (Å²) in [5.74, 6) is 0.156. The highest BCUT2D eigenvalue weighted by Gasteiger charge is 2.21. The number of hydrogen-bond donors (Lipinski definition) is 2. The topological polar surface area (TPSA) is 41.5 Å². The number of hydrogen-bond acceptors (Lipinski definition) is 3. The van der Waals surface area contributed by atoms with E-state index in [2.05, 4.69) is 10.1 Å². The van der Waals surface area contributed by atoms with Gasteiger partial charge in [-0.1, -0.05) is 18.2 Å². The normalized spacial score (nSPS) is 13.7. The number of para-hydroxylation sites is 1. The van der Waals surface area contributed by atoms with Crippen LogP contribution < -0.4 is 10.1 Å². The van der Waals surface area contributed by atoms with Gasteiger partial charge in [0.1, 0.15) is 5.75 Å². The molecule has 2 N–H and O–H groups in total. The molecule has 1 aromatic rings. The molecule has 1 atom stereocenters. The van der Waals surface area contributed by atoms with Gasteiger partial charge in [-0.2, -0.15) is 8.78 Å². The lowest BCUT2D eigenvalue weighted by Crippen LogP contribution is -2.44. The summed E-state index contributed by atoms with van der Waals surface area (Å²) in [5.41, 5.74) is -0.243. The fourth-order valence-electron chi connectivity index (χ4n) is 1.37. The van der Waals surface area contributed by atoms with Gasteiger partial charge in [0.25, 0.3) is 0 Å². The van der Waals surface area contributed by atoms with Crippen LogP contribution in [0.25, 0.3) is 0 Å². The van der Waals surface area contributed by atoms with E-state index in [1.54, 1.807) is 32.0 Å². The van der Waals surface area contributed by atoms with Gasteiger partial charge in [0.05, 0.1) is 5.60 Å². The Morgan fingerprint density at radius 1 is 1.33 bits per heavy atom. The lowest BCUT2D eigenvalue weighted by Gasteiger charge is -2.27. The molecule has 0 amide bonds. The number of aliphatic hydroxyl groups is 1. The zero-order chi connectivity index (χ0) is 13.8. The minimum absolute atomic E-state index is 0.156. The molecule has 0 saturated heterocycles. The van der Waals surface area contributed by atoms with Crippen molar-refractivity contribution in [2.75, 3.05) is 0 Å². The summed E-state index contributed by atoms with van der Waals surface area (Å²) >= 11 is 0. The fourth-order valence-corrected chi connectivity index (χ4v) is 1.37. The van der Waals surface area contributed by atoms with E-state index >= 15 is 0 Å². The van der Waals surface area contributed by atoms with Gasteiger partial charge in [0.15, 0.2) is 0 Å². The number of halogens is 2. The molecule has 0 spiro atoms. The van der Waals surface area contributed by atoms with Crippen LogP contribution in [0, 0.1) is 0 Å². The average Bonchev–Trinajstić information content (AvgIpc) is 2.25. The summed E-state index contributed by atoms with van der Waals surface area (Å²) < 4.78 is 28.8. The highest BCUT2D eigenvalue weighted by atomic mass is 19.3. The molecule has 1 unspecified atom stereocenters. The van der Waals surface area contributed by atoms with Crippen molar-refractivity contribution in [3.63, 3.8) is 0 Å². The Morgan fingerprint density at radius 3 is 2.50 bits per heavy atom. The molecule has 0 aliphatic rings. The number of benzene rings is 1. The van der Waals surface area contributed by atoms with Crippen LogP contribution in [-0.2, 0) is 6.54 Å². The van der Waals surface area contributed by atoms with E-state index < -0.39 is 12.2 Å². The van der Waals surface area contributed by atoms with Crippen LogP contribution in [-0.4, -0.2) is 23.4 Å². The molecule has 1 rings (SSSR count). The van der Waals surface area contributed by atoms with E-state index in [4.69, 9.17) is 0 Å². The molecule has 0 saturated carbocycles. The predicted octanol–water partition coefficient (Wildman–Crippen LogP) is 2.54. The predicted molar refractivity (Wildman–Crippen MR) is 65.7 cm³/mol. The number of ether oxygens (including phenoxy) is 1. The van der Waals surface area contributed by atoms with E-state index in [-0.39, 0.29) is 11.8 Å². The quantitative estimate of drug-likeness (QED) is 0.825. The third kappa shape index (κ3) is 4.58. The van der Waals surface area contributed by atoms with Crippen LogP contribution in [0.1, 0.15) is 26.3 Å². The first-order valence-electron chi connectivity index (χ1n) is 5.79. The third-order valence-electron chi connectivity index (χ3n) is 2.85. The van der Waals surface area contributed by atoms with E-state index in [0.717, 1.165) is 0 Å². The highest BCUT2D eigenvalue weighted by molar-refractivity contribution is 5.33. The Hall–Kier alpha value is -1.20. The van der Waals surface area contributed by atoms with Crippen molar-refractivity contribution in [2.45, 2.75) is 45.6 Å². The van der Waals surface area contributed by atoms with Gasteiger partial charge in [-0.25, -0.2) is 0 Å². The van der Waals surface area contributed by atoms with Gasteiger partial charge >= 0.3 is 6.61 Å². The largest absolute Gasteiger partial charge is 0.434 e. The lowest BCUT2D eigenvalue weighted by molar-refractivity contribution is -0.0506. The minimum atomic E-state index is -2.84. The van der Waals surface area contributed by atoms with E-state index in [0.29, 0.717) is 12.1 Å². The van der Waals surface area contributed by atoms with Crippen LogP contribution >= 0.6 is 0 Å². The summed E-state index contributed by atoms with van der Waals surface area (Å²) in [7, 11) is 0. The SMILES string of the molecule is CC(NCc1ccccc1OC(F)F)C(C)(C)O. The average molecular weight is 259 g/mol. The Kier molecular flexibility index (Phi) is 5.04. The second kappa shape index (κ2) is 6.11. The Morgan fingerprint density at radius 2 is 1.94 bits per heavy atom. The molecular formula is C13H19F2NO2. The molecule has 0 aromatic heterocycles. The van der Waals surface area contributed by atoms with Crippen LogP contribution in [0.4, 0.5) is 8.78 Å². The van der Waals surface area contributed by atoms with Crippen LogP contribution in [0.2, 0.25) is 0 Å². The summed E-state index contributed by atoms with van der Waals surface area (Å²) in [4.78, 5) is 0. The lowest BCUT2D eigenvalue weighted by atomic mass is 10.0. The molecule has 0 aliphatic heterocycles. The van der Waals surface area contributed by atoms with Crippen LogP contribution in [0.15, 0.2) is 24.3 Å². The number of alkyl halides is 2. The number of nitrogens with one attached hydrogen (secondary N) is 1. The summed E-state index contributed by atoms with van der Waals surface area (Å²) in [6.45, 7) is 2.72. The van der Waals surface area contributed by atoms with Crippen molar-refractivity contribution >= 4 is 0 Å². The Bertz CT molecular complexity index is 377. The van der Waals surface area contributed by atoms with Crippen molar-refractivity contribution in [1.82, 2.24) is 5.32 Å². The summed E-state index contributed by atoms with van der Waals surface area (Å²) in [6.07, 6.45) is 0. The first kappa shape index (κ1) is 14.9. The van der Waals surface area contributed by atoms with Gasteiger partial charge < -0.3 is 15.2 Å². The van der Waals surface area contributed by atoms with E-state index in [1.165, 1.54) is 6.07 Å². The zero-order valence-electron chi connectivity index (χ0n) is 10.8. The van der Waals surface area contributed by atoms with Gasteiger partial charge in [-0.15, -0.1) is 0 Å². The Labute approximate surface area is 106 Å². The number of rotatable bonds is 6. The first-order valence-corrected chi connectivity index (χ1v) is 5.79. The molecule has 5 heteroatoms. The maximum absolute atomic E-state index is 12.2. The van der Waals surface area contributed by atoms with Gasteiger partial charge in [0.2, 0.25) is 0 Å². The van der Waals surface area contributed by atoms with Crippen LogP contribution in [0.3, 0.4) is 0 Å². The van der Waals surface area contributed by atoms with Gasteiger partial charge in [-0.3, -0.25) is 0 Å². The van der Waals surface area contributed by atoms with Crippen LogP contribution in [0.5, 0.6) is 5.75 Å². The summed E-state index contributed by atoms with van der Waals surface area (Å²) in [5, 5.41) is 12.8. The maximum Gasteiger partial charge on any atom is 0.387 e. The molecule has 0 aliphatic carbocycles. The smallest absolute Gasteiger partial charge is 0.387 e. The Balaban J connectivity index is 2.67. The zero-order valence-corrected chi connectivity index (χ0v) is 10.8. The first-order chi connectivity index (χ1) is 8.30. The van der Waals surface area contributed by atoms with E-state index in [1.807, 2.05) is 6.92 Å². The molecule has 0 bridgehead atoms. The molecule has 0 radical (unpaired) electrons. The van der Waals surface area contributed by atoms with Crippen molar-refractivity contribution in [3.05, 3.63) is 29.8 Å². The van der Waals surface area contributed by atoms with Crippen molar-refractivity contribution in [1.29, 1.82) is 0 Å². The van der Waals surface area contributed by atoms with Gasteiger partial charge in [0, 0.05) is 18.2 Å². The molecule has 3 nitrogen and oxygen atoms in total. The highest BCUT2D eigenvalue weighted by Crippen LogP contribution is 2.20. The standard InChI is InChI=1S/C13H19F2NO2/c1-9(13(2,3)17)16-8-10-6-4-5-7-11(10)18-12(14)15/h4-7,9,12,16-17H,8H2,1-3H3. The molecule has 102 valence electrons. The molecular weight excluding hydrogens is 240 g/mol. The monoisotopic (exact) mass is 259 g/mol. The minimum Gasteiger partial charge on any atom is -0.434 e.